The van der Waals surface area contributed by atoms with Crippen molar-refractivity contribution >= 4 is 34.1 Å². The van der Waals surface area contributed by atoms with Gasteiger partial charge in [0.05, 0.1) is 5.02 Å². The summed E-state index contributed by atoms with van der Waals surface area (Å²) in [6, 6.07) is 11.4. The number of aryl methyl sites for hydroxylation is 1. The number of ether oxygens (including phenoxy) is 1. The third kappa shape index (κ3) is 5.20. The fraction of sp³-hybridized carbons (Fsp3) is 0.217. The first-order valence-corrected chi connectivity index (χ1v) is 10.7. The molecule has 0 saturated heterocycles. The fourth-order valence-electron chi connectivity index (χ4n) is 3.27. The van der Waals surface area contributed by atoms with Crippen molar-refractivity contribution in [1.29, 1.82) is 0 Å². The SMILES string of the molecule is CCn1cnc(COc2ncc(CN(C)C(=O)Nc3ccc(F)c(Cl)c3)c3ccccc23)n1. The highest BCUT2D eigenvalue weighted by atomic mass is 35.5. The summed E-state index contributed by atoms with van der Waals surface area (Å²) in [6.45, 7) is 3.22. The second-order valence-corrected chi connectivity index (χ2v) is 7.76. The molecule has 4 aromatic rings. The van der Waals surface area contributed by atoms with E-state index in [1.165, 1.54) is 23.1 Å². The van der Waals surface area contributed by atoms with E-state index in [9.17, 15) is 9.18 Å². The van der Waals surface area contributed by atoms with Crippen LogP contribution in [0.15, 0.2) is 55.0 Å². The van der Waals surface area contributed by atoms with Crippen molar-refractivity contribution in [1.82, 2.24) is 24.6 Å². The van der Waals surface area contributed by atoms with Crippen LogP contribution in [0.25, 0.3) is 10.8 Å². The van der Waals surface area contributed by atoms with Gasteiger partial charge in [-0.05, 0) is 42.1 Å². The zero-order valence-corrected chi connectivity index (χ0v) is 18.9. The first-order valence-electron chi connectivity index (χ1n) is 10.3. The Balaban J connectivity index is 1.49. The lowest BCUT2D eigenvalue weighted by Crippen LogP contribution is -2.31. The predicted molar refractivity (Wildman–Crippen MR) is 124 cm³/mol. The van der Waals surface area contributed by atoms with Gasteiger partial charge in [-0.3, -0.25) is 4.68 Å². The Kier molecular flexibility index (Phi) is 6.69. The van der Waals surface area contributed by atoms with Crippen molar-refractivity contribution in [3.05, 3.63) is 77.2 Å². The van der Waals surface area contributed by atoms with Crippen LogP contribution < -0.4 is 10.1 Å². The summed E-state index contributed by atoms with van der Waals surface area (Å²) in [5.74, 6) is 0.497. The van der Waals surface area contributed by atoms with Crippen molar-refractivity contribution in [3.63, 3.8) is 0 Å². The third-order valence-electron chi connectivity index (χ3n) is 5.01. The van der Waals surface area contributed by atoms with E-state index in [-0.39, 0.29) is 17.7 Å². The number of amides is 2. The topological polar surface area (TPSA) is 85.2 Å². The van der Waals surface area contributed by atoms with Gasteiger partial charge in [-0.25, -0.2) is 19.2 Å². The van der Waals surface area contributed by atoms with Crippen molar-refractivity contribution in [3.8, 4) is 5.88 Å². The average molecular weight is 469 g/mol. The number of benzene rings is 2. The van der Waals surface area contributed by atoms with E-state index >= 15 is 0 Å². The highest BCUT2D eigenvalue weighted by Crippen LogP contribution is 2.27. The van der Waals surface area contributed by atoms with Gasteiger partial charge in [-0.2, -0.15) is 5.10 Å². The minimum atomic E-state index is -0.544. The Hall–Kier alpha value is -3.72. The van der Waals surface area contributed by atoms with Gasteiger partial charge in [0.25, 0.3) is 0 Å². The number of rotatable bonds is 7. The molecular weight excluding hydrogens is 447 g/mol. The van der Waals surface area contributed by atoms with Gasteiger partial charge >= 0.3 is 6.03 Å². The summed E-state index contributed by atoms with van der Waals surface area (Å²) in [5, 5.41) is 8.71. The number of aromatic nitrogens is 4. The number of fused-ring (bicyclic) bond motifs is 1. The number of halogens is 2. The average Bonchev–Trinajstić information content (AvgIpc) is 3.29. The zero-order valence-electron chi connectivity index (χ0n) is 18.1. The lowest BCUT2D eigenvalue weighted by Gasteiger charge is -2.19. The Labute approximate surface area is 195 Å². The van der Waals surface area contributed by atoms with Crippen LogP contribution in [0, 0.1) is 5.82 Å². The minimum Gasteiger partial charge on any atom is -0.469 e. The molecule has 4 rings (SSSR count). The number of carbonyl (C=O) groups is 1. The molecule has 2 aromatic carbocycles. The normalized spacial score (nSPS) is 10.9. The van der Waals surface area contributed by atoms with Crippen LogP contribution in [0.1, 0.15) is 18.3 Å². The molecule has 0 unspecified atom stereocenters. The van der Waals surface area contributed by atoms with E-state index in [1.54, 1.807) is 24.3 Å². The molecule has 0 aliphatic rings. The number of hydrogen-bond acceptors (Lipinski definition) is 5. The fourth-order valence-corrected chi connectivity index (χ4v) is 3.45. The van der Waals surface area contributed by atoms with Crippen molar-refractivity contribution < 1.29 is 13.9 Å². The van der Waals surface area contributed by atoms with Crippen molar-refractivity contribution in [2.75, 3.05) is 12.4 Å². The van der Waals surface area contributed by atoms with Crippen LogP contribution in [0.5, 0.6) is 5.88 Å². The Morgan fingerprint density at radius 1 is 1.21 bits per heavy atom. The maximum absolute atomic E-state index is 13.4. The monoisotopic (exact) mass is 468 g/mol. The lowest BCUT2D eigenvalue weighted by atomic mass is 10.1. The summed E-state index contributed by atoms with van der Waals surface area (Å²) >= 11 is 5.79. The van der Waals surface area contributed by atoms with Gasteiger partial charge < -0.3 is 15.0 Å². The summed E-state index contributed by atoms with van der Waals surface area (Å²) < 4.78 is 21.0. The van der Waals surface area contributed by atoms with Gasteiger partial charge in [-0.15, -0.1) is 0 Å². The molecule has 1 N–H and O–H groups in total. The minimum absolute atomic E-state index is 0.0575. The number of pyridine rings is 1. The van der Waals surface area contributed by atoms with E-state index in [2.05, 4.69) is 20.4 Å². The maximum atomic E-state index is 13.4. The second kappa shape index (κ2) is 9.83. The number of nitrogens with zero attached hydrogens (tertiary/aromatic N) is 5. The third-order valence-corrected chi connectivity index (χ3v) is 5.30. The van der Waals surface area contributed by atoms with Crippen LogP contribution in [0.4, 0.5) is 14.9 Å². The molecule has 2 heterocycles. The van der Waals surface area contributed by atoms with Crippen LogP contribution >= 0.6 is 11.6 Å². The number of carbonyl (C=O) groups excluding carboxylic acids is 1. The Bertz CT molecular complexity index is 1300. The molecule has 10 heteroatoms. The number of hydrogen-bond donors (Lipinski definition) is 1. The molecule has 0 atom stereocenters. The molecule has 0 aliphatic carbocycles. The number of urea groups is 1. The summed E-state index contributed by atoms with van der Waals surface area (Å²) in [4.78, 5) is 22.8. The van der Waals surface area contributed by atoms with E-state index in [1.807, 2.05) is 31.2 Å². The van der Waals surface area contributed by atoms with Gasteiger partial charge in [0.15, 0.2) is 12.4 Å². The molecule has 0 aliphatic heterocycles. The lowest BCUT2D eigenvalue weighted by molar-refractivity contribution is 0.221. The van der Waals surface area contributed by atoms with E-state index in [0.717, 1.165) is 22.9 Å². The van der Waals surface area contributed by atoms with E-state index in [4.69, 9.17) is 16.3 Å². The molecule has 2 aromatic heterocycles. The number of anilines is 1. The first kappa shape index (κ1) is 22.5. The Morgan fingerprint density at radius 3 is 2.73 bits per heavy atom. The number of nitrogens with one attached hydrogen (secondary N) is 1. The van der Waals surface area contributed by atoms with Crippen molar-refractivity contribution in [2.24, 2.45) is 0 Å². The summed E-state index contributed by atoms with van der Waals surface area (Å²) in [6.07, 6.45) is 3.35. The molecule has 0 radical (unpaired) electrons. The maximum Gasteiger partial charge on any atom is 0.321 e. The smallest absolute Gasteiger partial charge is 0.321 e. The molecular formula is C23H22ClFN6O2. The van der Waals surface area contributed by atoms with E-state index < -0.39 is 5.82 Å². The molecule has 8 nitrogen and oxygen atoms in total. The molecule has 0 fully saturated rings. The molecule has 170 valence electrons. The van der Waals surface area contributed by atoms with Gasteiger partial charge in [-0.1, -0.05) is 29.8 Å². The zero-order chi connectivity index (χ0) is 23.4. The highest BCUT2D eigenvalue weighted by molar-refractivity contribution is 6.31. The molecule has 0 spiro atoms. The molecule has 0 saturated carbocycles. The Morgan fingerprint density at radius 2 is 2.00 bits per heavy atom. The summed E-state index contributed by atoms with van der Waals surface area (Å²) in [7, 11) is 1.66. The molecule has 2 amide bonds. The van der Waals surface area contributed by atoms with Crippen LogP contribution in [0.3, 0.4) is 0 Å². The highest BCUT2D eigenvalue weighted by Gasteiger charge is 2.15. The summed E-state index contributed by atoms with van der Waals surface area (Å²) in [5.41, 5.74) is 1.25. The van der Waals surface area contributed by atoms with Crippen LogP contribution in [-0.4, -0.2) is 37.7 Å². The van der Waals surface area contributed by atoms with Crippen LogP contribution in [0.2, 0.25) is 5.02 Å². The predicted octanol–water partition coefficient (Wildman–Crippen LogP) is 4.88. The largest absolute Gasteiger partial charge is 0.469 e. The molecule has 33 heavy (non-hydrogen) atoms. The van der Waals surface area contributed by atoms with Gasteiger partial charge in [0.1, 0.15) is 12.1 Å². The first-order chi connectivity index (χ1) is 15.9. The standard InChI is InChI=1S/C23H22ClFN6O2/c1-3-31-14-27-21(29-31)13-33-22-18-7-5-4-6-17(18)15(11-26-22)12-30(2)23(32)28-16-8-9-20(25)19(24)10-16/h4-11,14H,3,12-13H2,1-2H3,(H,28,32). The van der Waals surface area contributed by atoms with Gasteiger partial charge in [0.2, 0.25) is 5.88 Å². The van der Waals surface area contributed by atoms with E-state index in [0.29, 0.717) is 23.9 Å². The quantitative estimate of drug-likeness (QED) is 0.417. The second-order valence-electron chi connectivity index (χ2n) is 7.35. The molecule has 0 bridgehead atoms. The van der Waals surface area contributed by atoms with Crippen molar-refractivity contribution in [2.45, 2.75) is 26.6 Å². The van der Waals surface area contributed by atoms with Crippen LogP contribution in [-0.2, 0) is 19.7 Å². The van der Waals surface area contributed by atoms with Gasteiger partial charge in [0, 0.05) is 37.4 Å².